The average Bonchev–Trinajstić information content (AvgIpc) is 2.48. The lowest BCUT2D eigenvalue weighted by Gasteiger charge is -2.31. The van der Waals surface area contributed by atoms with Crippen LogP contribution in [0.3, 0.4) is 0 Å². The molecule has 0 aliphatic rings. The molecule has 2 nitrogen and oxygen atoms in total. The molecule has 0 spiro atoms. The van der Waals surface area contributed by atoms with Crippen molar-refractivity contribution in [3.8, 4) is 0 Å². The lowest BCUT2D eigenvalue weighted by atomic mass is 9.77. The summed E-state index contributed by atoms with van der Waals surface area (Å²) in [6, 6.07) is 20.7. The Balaban J connectivity index is 2.29. The van der Waals surface area contributed by atoms with Crippen molar-refractivity contribution < 1.29 is 9.84 Å². The van der Waals surface area contributed by atoms with Crippen LogP contribution in [0.1, 0.15) is 25.0 Å². The quantitative estimate of drug-likeness (QED) is 0.872. The second-order valence-electron chi connectivity index (χ2n) is 5.43. The maximum Gasteiger partial charge on any atom is 0.0745 e. The molecule has 0 fully saturated rings. The van der Waals surface area contributed by atoms with E-state index >= 15 is 0 Å². The molecule has 2 heteroatoms. The zero-order chi connectivity index (χ0) is 14.4. The van der Waals surface area contributed by atoms with Gasteiger partial charge in [0.05, 0.1) is 19.3 Å². The molecule has 0 aromatic heterocycles. The molecule has 0 radical (unpaired) electrons. The minimum absolute atomic E-state index is 0.211. The van der Waals surface area contributed by atoms with Gasteiger partial charge in [-0.25, -0.2) is 0 Å². The highest BCUT2D eigenvalue weighted by Gasteiger charge is 2.29. The van der Waals surface area contributed by atoms with Crippen molar-refractivity contribution in [1.29, 1.82) is 0 Å². The highest BCUT2D eigenvalue weighted by Crippen LogP contribution is 2.32. The highest BCUT2D eigenvalue weighted by atomic mass is 16.5. The van der Waals surface area contributed by atoms with Gasteiger partial charge in [0.1, 0.15) is 0 Å². The van der Waals surface area contributed by atoms with Crippen LogP contribution in [0.15, 0.2) is 60.7 Å². The third-order valence-electron chi connectivity index (χ3n) is 3.57. The monoisotopic (exact) mass is 270 g/mol. The zero-order valence-corrected chi connectivity index (χ0v) is 12.1. The molecule has 0 bridgehead atoms. The van der Waals surface area contributed by atoms with Crippen LogP contribution in [0, 0.1) is 0 Å². The molecule has 0 saturated heterocycles. The molecule has 1 N–H and O–H groups in total. The molecule has 1 atom stereocenters. The zero-order valence-electron chi connectivity index (χ0n) is 12.1. The van der Waals surface area contributed by atoms with Gasteiger partial charge in [0.25, 0.3) is 0 Å². The van der Waals surface area contributed by atoms with Crippen LogP contribution in [0.4, 0.5) is 0 Å². The van der Waals surface area contributed by atoms with Gasteiger partial charge >= 0.3 is 0 Å². The van der Waals surface area contributed by atoms with Gasteiger partial charge in [-0.3, -0.25) is 0 Å². The van der Waals surface area contributed by atoms with Gasteiger partial charge in [-0.1, -0.05) is 60.7 Å². The second kappa shape index (κ2) is 6.69. The van der Waals surface area contributed by atoms with Crippen LogP contribution in [-0.4, -0.2) is 24.4 Å². The number of hydrogen-bond donors (Lipinski definition) is 1. The molecule has 20 heavy (non-hydrogen) atoms. The van der Waals surface area contributed by atoms with E-state index in [4.69, 9.17) is 4.74 Å². The van der Waals surface area contributed by atoms with Crippen molar-refractivity contribution in [2.75, 3.05) is 13.2 Å². The maximum atomic E-state index is 9.37. The van der Waals surface area contributed by atoms with Crippen LogP contribution in [0.2, 0.25) is 0 Å². The molecule has 1 unspecified atom stereocenters. The van der Waals surface area contributed by atoms with E-state index < -0.39 is 6.10 Å². The average molecular weight is 270 g/mol. The summed E-state index contributed by atoms with van der Waals surface area (Å²) in [5.41, 5.74) is 2.23. The van der Waals surface area contributed by atoms with Gasteiger partial charge in [-0.15, -0.1) is 0 Å². The third-order valence-corrected chi connectivity index (χ3v) is 3.57. The van der Waals surface area contributed by atoms with Crippen molar-refractivity contribution in [1.82, 2.24) is 0 Å². The predicted molar refractivity (Wildman–Crippen MR) is 81.8 cm³/mol. The van der Waals surface area contributed by atoms with Gasteiger partial charge in [-0.05, 0) is 25.0 Å². The van der Waals surface area contributed by atoms with Gasteiger partial charge in [0.2, 0.25) is 0 Å². The van der Waals surface area contributed by atoms with Crippen molar-refractivity contribution in [2.45, 2.75) is 25.4 Å². The first kappa shape index (κ1) is 14.8. The highest BCUT2D eigenvalue weighted by molar-refractivity contribution is 5.38. The Morgan fingerprint density at radius 3 is 1.80 bits per heavy atom. The number of ether oxygens (including phenoxy) is 1. The lowest BCUT2D eigenvalue weighted by Crippen LogP contribution is -2.31. The molecule has 0 aliphatic carbocycles. The fourth-order valence-electron chi connectivity index (χ4n) is 2.38. The Bertz CT molecular complexity index is 466. The third kappa shape index (κ3) is 3.47. The van der Waals surface area contributed by atoms with Crippen LogP contribution in [0.5, 0.6) is 0 Å². The Morgan fingerprint density at radius 1 is 0.950 bits per heavy atom. The van der Waals surface area contributed by atoms with E-state index in [-0.39, 0.29) is 5.41 Å². The lowest BCUT2D eigenvalue weighted by molar-refractivity contribution is 0.0302. The van der Waals surface area contributed by atoms with Gasteiger partial charge in [0.15, 0.2) is 0 Å². The van der Waals surface area contributed by atoms with Crippen LogP contribution < -0.4 is 0 Å². The van der Waals surface area contributed by atoms with Crippen molar-refractivity contribution in [3.63, 3.8) is 0 Å². The minimum atomic E-state index is -0.439. The summed E-state index contributed by atoms with van der Waals surface area (Å²) in [7, 11) is 0. The van der Waals surface area contributed by atoms with Crippen LogP contribution >= 0.6 is 0 Å². The molecule has 2 rings (SSSR count). The van der Waals surface area contributed by atoms with Gasteiger partial charge in [-0.2, -0.15) is 0 Å². The summed E-state index contributed by atoms with van der Waals surface area (Å²) in [6.45, 7) is 4.82. The topological polar surface area (TPSA) is 29.5 Å². The van der Waals surface area contributed by atoms with Gasteiger partial charge < -0.3 is 9.84 Å². The van der Waals surface area contributed by atoms with Crippen LogP contribution in [0.25, 0.3) is 0 Å². The maximum absolute atomic E-state index is 9.37. The Hall–Kier alpha value is -1.64. The number of aliphatic hydroxyl groups excluding tert-OH is 1. The molecule has 0 aliphatic heterocycles. The van der Waals surface area contributed by atoms with E-state index in [1.165, 1.54) is 11.1 Å². The molecular weight excluding hydrogens is 248 g/mol. The Morgan fingerprint density at radius 2 is 1.40 bits per heavy atom. The smallest absolute Gasteiger partial charge is 0.0745 e. The van der Waals surface area contributed by atoms with E-state index in [0.717, 1.165) is 0 Å². The Labute approximate surface area is 121 Å². The van der Waals surface area contributed by atoms with E-state index in [0.29, 0.717) is 13.2 Å². The summed E-state index contributed by atoms with van der Waals surface area (Å²) >= 11 is 0. The van der Waals surface area contributed by atoms with Gasteiger partial charge in [0, 0.05) is 5.41 Å². The fraction of sp³-hybridized carbons (Fsp3) is 0.333. The van der Waals surface area contributed by atoms with Crippen molar-refractivity contribution in [2.24, 2.45) is 0 Å². The summed E-state index contributed by atoms with van der Waals surface area (Å²) in [5.74, 6) is 0. The molecule has 2 aromatic carbocycles. The van der Waals surface area contributed by atoms with Crippen LogP contribution in [-0.2, 0) is 10.2 Å². The number of aliphatic hydroxyl groups is 1. The molecule has 0 saturated carbocycles. The second-order valence-corrected chi connectivity index (χ2v) is 5.43. The van der Waals surface area contributed by atoms with E-state index in [1.54, 1.807) is 6.92 Å². The molecule has 2 aromatic rings. The molecule has 0 heterocycles. The minimum Gasteiger partial charge on any atom is -0.391 e. The number of hydrogen-bond acceptors (Lipinski definition) is 2. The summed E-state index contributed by atoms with van der Waals surface area (Å²) < 4.78 is 5.72. The number of rotatable bonds is 6. The van der Waals surface area contributed by atoms with Crippen molar-refractivity contribution in [3.05, 3.63) is 71.8 Å². The normalized spacial score (nSPS) is 13.2. The SMILES string of the molecule is CC(O)COCC(C)(c1ccccc1)c1ccccc1. The predicted octanol–water partition coefficient (Wildman–Crippen LogP) is 3.39. The molecule has 0 amide bonds. The largest absolute Gasteiger partial charge is 0.391 e. The van der Waals surface area contributed by atoms with Crippen molar-refractivity contribution >= 4 is 0 Å². The first-order chi connectivity index (χ1) is 9.63. The van der Waals surface area contributed by atoms with E-state index in [1.807, 2.05) is 36.4 Å². The standard InChI is InChI=1S/C18H22O2/c1-15(19)13-20-14-18(2,16-9-5-3-6-10-16)17-11-7-4-8-12-17/h3-12,15,19H,13-14H2,1-2H3. The molecular formula is C18H22O2. The first-order valence-corrected chi connectivity index (χ1v) is 7.00. The first-order valence-electron chi connectivity index (χ1n) is 7.00. The van der Waals surface area contributed by atoms with E-state index in [9.17, 15) is 5.11 Å². The molecule has 106 valence electrons. The number of benzene rings is 2. The van der Waals surface area contributed by atoms with E-state index in [2.05, 4.69) is 31.2 Å². The Kier molecular flexibility index (Phi) is 4.94. The fourth-order valence-corrected chi connectivity index (χ4v) is 2.38. The summed E-state index contributed by atoms with van der Waals surface area (Å²) in [6.07, 6.45) is -0.439. The summed E-state index contributed by atoms with van der Waals surface area (Å²) in [5, 5.41) is 9.37. The summed E-state index contributed by atoms with van der Waals surface area (Å²) in [4.78, 5) is 0.